The fourth-order valence-electron chi connectivity index (χ4n) is 4.15. The Morgan fingerprint density at radius 3 is 2.50 bits per heavy atom. The van der Waals surface area contributed by atoms with Crippen molar-refractivity contribution < 1.29 is 9.53 Å². The summed E-state index contributed by atoms with van der Waals surface area (Å²) >= 11 is 5.90. The van der Waals surface area contributed by atoms with Crippen LogP contribution < -0.4 is 10.1 Å². The van der Waals surface area contributed by atoms with Gasteiger partial charge in [0.15, 0.2) is 0 Å². The smallest absolute Gasteiger partial charge is 0.251 e. The highest BCUT2D eigenvalue weighted by molar-refractivity contribution is 6.30. The lowest BCUT2D eigenvalue weighted by Crippen LogP contribution is -2.25. The van der Waals surface area contributed by atoms with Crippen molar-refractivity contribution in [1.29, 1.82) is 0 Å². The molecule has 0 aliphatic heterocycles. The zero-order chi connectivity index (χ0) is 23.9. The van der Waals surface area contributed by atoms with Crippen LogP contribution in [-0.4, -0.2) is 28.6 Å². The maximum Gasteiger partial charge on any atom is 0.251 e. The van der Waals surface area contributed by atoms with E-state index in [1.165, 1.54) is 11.1 Å². The summed E-state index contributed by atoms with van der Waals surface area (Å²) in [6.07, 6.45) is 2.48. The number of rotatable bonds is 10. The van der Waals surface area contributed by atoms with Crippen LogP contribution in [0.2, 0.25) is 5.02 Å². The third kappa shape index (κ3) is 6.17. The molecule has 0 fully saturated rings. The lowest BCUT2D eigenvalue weighted by atomic mass is 10.1. The van der Waals surface area contributed by atoms with Crippen molar-refractivity contribution in [3.8, 4) is 5.75 Å². The van der Waals surface area contributed by atoms with Crippen molar-refractivity contribution >= 4 is 28.5 Å². The molecule has 0 radical (unpaired) electrons. The first-order valence-electron chi connectivity index (χ1n) is 11.7. The number of aryl methyl sites for hydroxylation is 4. The highest BCUT2D eigenvalue weighted by Gasteiger charge is 2.11. The second-order valence-corrected chi connectivity index (χ2v) is 9.00. The van der Waals surface area contributed by atoms with E-state index in [1.54, 1.807) is 24.3 Å². The minimum Gasteiger partial charge on any atom is -0.494 e. The van der Waals surface area contributed by atoms with Crippen LogP contribution in [0.25, 0.3) is 11.0 Å². The van der Waals surface area contributed by atoms with E-state index in [4.69, 9.17) is 21.3 Å². The van der Waals surface area contributed by atoms with E-state index in [1.807, 2.05) is 18.2 Å². The minimum absolute atomic E-state index is 0.0892. The summed E-state index contributed by atoms with van der Waals surface area (Å²) in [6.45, 7) is 6.23. The van der Waals surface area contributed by atoms with Gasteiger partial charge in [-0.3, -0.25) is 4.79 Å². The highest BCUT2D eigenvalue weighted by atomic mass is 35.5. The lowest BCUT2D eigenvalue weighted by Gasteiger charge is -2.12. The first kappa shape index (κ1) is 23.8. The molecule has 1 aromatic heterocycles. The average Bonchev–Trinajstić information content (AvgIpc) is 3.16. The molecule has 0 saturated heterocycles. The summed E-state index contributed by atoms with van der Waals surface area (Å²) in [7, 11) is 0. The summed E-state index contributed by atoms with van der Waals surface area (Å²) < 4.78 is 8.28. The first-order valence-corrected chi connectivity index (χ1v) is 12.1. The van der Waals surface area contributed by atoms with Crippen molar-refractivity contribution in [3.05, 3.63) is 94.3 Å². The number of ether oxygens (including phenoxy) is 1. The second-order valence-electron chi connectivity index (χ2n) is 8.56. The Labute approximate surface area is 205 Å². The zero-order valence-corrected chi connectivity index (χ0v) is 20.4. The maximum absolute atomic E-state index is 12.3. The van der Waals surface area contributed by atoms with E-state index in [-0.39, 0.29) is 5.91 Å². The fourth-order valence-corrected chi connectivity index (χ4v) is 4.27. The average molecular weight is 476 g/mol. The van der Waals surface area contributed by atoms with Crippen molar-refractivity contribution in [2.45, 2.75) is 39.7 Å². The van der Waals surface area contributed by atoms with E-state index in [0.29, 0.717) is 23.7 Å². The van der Waals surface area contributed by atoms with Crippen LogP contribution in [0.4, 0.5) is 0 Å². The standard InChI is InChI=1S/C28H30ClN3O2/c1-20-17-21(2)19-24(18-20)34-16-6-15-32-26-8-4-3-7-25(26)31-27(32)9-5-14-30-28(33)22-10-12-23(29)13-11-22/h3-4,7-8,10-13,17-19H,5-6,9,14-16H2,1-2H3,(H,30,33). The molecule has 4 rings (SSSR count). The number of nitrogens with one attached hydrogen (secondary N) is 1. The van der Waals surface area contributed by atoms with E-state index in [2.05, 4.69) is 48.0 Å². The summed E-state index contributed by atoms with van der Waals surface area (Å²) in [4.78, 5) is 17.2. The van der Waals surface area contributed by atoms with Gasteiger partial charge in [-0.2, -0.15) is 0 Å². The SMILES string of the molecule is Cc1cc(C)cc(OCCCn2c(CCCNC(=O)c3ccc(Cl)cc3)nc3ccccc32)c1. The molecule has 0 spiro atoms. The molecular weight excluding hydrogens is 446 g/mol. The van der Waals surface area contributed by atoms with Gasteiger partial charge in [-0.05, 0) is 86.3 Å². The monoisotopic (exact) mass is 475 g/mol. The number of para-hydroxylation sites is 2. The van der Waals surface area contributed by atoms with Gasteiger partial charge in [0, 0.05) is 30.1 Å². The Morgan fingerprint density at radius 2 is 1.74 bits per heavy atom. The number of imidazole rings is 1. The Morgan fingerprint density at radius 1 is 1.00 bits per heavy atom. The largest absolute Gasteiger partial charge is 0.494 e. The van der Waals surface area contributed by atoms with Gasteiger partial charge >= 0.3 is 0 Å². The van der Waals surface area contributed by atoms with E-state index in [9.17, 15) is 4.79 Å². The molecule has 4 aromatic rings. The van der Waals surface area contributed by atoms with Crippen LogP contribution in [0, 0.1) is 13.8 Å². The normalized spacial score (nSPS) is 11.0. The van der Waals surface area contributed by atoms with Gasteiger partial charge in [0.25, 0.3) is 5.91 Å². The topological polar surface area (TPSA) is 56.1 Å². The van der Waals surface area contributed by atoms with Gasteiger partial charge in [0.1, 0.15) is 11.6 Å². The molecular formula is C28H30ClN3O2. The van der Waals surface area contributed by atoms with Crippen LogP contribution >= 0.6 is 11.6 Å². The van der Waals surface area contributed by atoms with Gasteiger partial charge < -0.3 is 14.6 Å². The lowest BCUT2D eigenvalue weighted by molar-refractivity contribution is 0.0953. The molecule has 5 nitrogen and oxygen atoms in total. The highest BCUT2D eigenvalue weighted by Crippen LogP contribution is 2.19. The van der Waals surface area contributed by atoms with Gasteiger partial charge in [0.2, 0.25) is 0 Å². The summed E-state index contributed by atoms with van der Waals surface area (Å²) in [5.41, 5.74) is 5.16. The second kappa shape index (κ2) is 11.2. The maximum atomic E-state index is 12.3. The molecule has 3 aromatic carbocycles. The number of aromatic nitrogens is 2. The molecule has 1 N–H and O–H groups in total. The predicted octanol–water partition coefficient (Wildman–Crippen LogP) is 6.14. The number of hydrogen-bond donors (Lipinski definition) is 1. The third-order valence-corrected chi connectivity index (χ3v) is 5.94. The van der Waals surface area contributed by atoms with Gasteiger partial charge in [-0.15, -0.1) is 0 Å². The number of benzene rings is 3. The van der Waals surface area contributed by atoms with Crippen molar-refractivity contribution in [2.24, 2.45) is 0 Å². The van der Waals surface area contributed by atoms with E-state index in [0.717, 1.165) is 48.4 Å². The molecule has 1 heterocycles. The van der Waals surface area contributed by atoms with Crippen LogP contribution in [0.3, 0.4) is 0 Å². The number of hydrogen-bond acceptors (Lipinski definition) is 3. The number of halogens is 1. The molecule has 34 heavy (non-hydrogen) atoms. The molecule has 176 valence electrons. The number of fused-ring (bicyclic) bond motifs is 1. The number of carbonyl (C=O) groups excluding carboxylic acids is 1. The van der Waals surface area contributed by atoms with E-state index >= 15 is 0 Å². The molecule has 0 saturated carbocycles. The molecule has 0 bridgehead atoms. The Kier molecular flexibility index (Phi) is 7.86. The number of nitrogens with zero attached hydrogens (tertiary/aromatic N) is 2. The Bertz CT molecular complexity index is 1240. The molecule has 0 unspecified atom stereocenters. The van der Waals surface area contributed by atoms with Crippen molar-refractivity contribution in [1.82, 2.24) is 14.9 Å². The molecule has 6 heteroatoms. The molecule has 1 amide bonds. The fraction of sp³-hybridized carbons (Fsp3) is 0.286. The summed E-state index contributed by atoms with van der Waals surface area (Å²) in [5, 5.41) is 3.60. The quantitative estimate of drug-likeness (QED) is 0.280. The molecule has 0 aliphatic carbocycles. The zero-order valence-electron chi connectivity index (χ0n) is 19.7. The number of carbonyl (C=O) groups is 1. The summed E-state index contributed by atoms with van der Waals surface area (Å²) in [6, 6.07) is 21.4. The Balaban J connectivity index is 1.33. The van der Waals surface area contributed by atoms with Crippen molar-refractivity contribution in [2.75, 3.05) is 13.2 Å². The summed E-state index contributed by atoms with van der Waals surface area (Å²) in [5.74, 6) is 1.87. The van der Waals surface area contributed by atoms with Crippen molar-refractivity contribution in [3.63, 3.8) is 0 Å². The predicted molar refractivity (Wildman–Crippen MR) is 138 cm³/mol. The third-order valence-electron chi connectivity index (χ3n) is 5.69. The van der Waals surface area contributed by atoms with Crippen LogP contribution in [-0.2, 0) is 13.0 Å². The molecule has 0 aliphatic rings. The first-order chi connectivity index (χ1) is 16.5. The Hall–Kier alpha value is -3.31. The number of amides is 1. The van der Waals surface area contributed by atoms with Gasteiger partial charge in [-0.1, -0.05) is 29.8 Å². The molecule has 0 atom stereocenters. The van der Waals surface area contributed by atoms with Crippen LogP contribution in [0.1, 0.15) is 40.2 Å². The minimum atomic E-state index is -0.0892. The van der Waals surface area contributed by atoms with Crippen LogP contribution in [0.15, 0.2) is 66.7 Å². The van der Waals surface area contributed by atoms with Gasteiger partial charge in [-0.25, -0.2) is 4.98 Å². The van der Waals surface area contributed by atoms with Gasteiger partial charge in [0.05, 0.1) is 17.6 Å². The van der Waals surface area contributed by atoms with Crippen LogP contribution in [0.5, 0.6) is 5.75 Å². The van der Waals surface area contributed by atoms with E-state index < -0.39 is 0 Å².